The van der Waals surface area contributed by atoms with Crippen LogP contribution in [0.3, 0.4) is 0 Å². The predicted octanol–water partition coefficient (Wildman–Crippen LogP) is 4.23. The molecule has 0 radical (unpaired) electrons. The zero-order chi connectivity index (χ0) is 13.3. The third-order valence-electron chi connectivity index (χ3n) is 2.69. The van der Waals surface area contributed by atoms with Crippen molar-refractivity contribution in [3.63, 3.8) is 0 Å². The number of anilines is 1. The average molecular weight is 285 g/mol. The van der Waals surface area contributed by atoms with Crippen LogP contribution in [-0.2, 0) is 6.42 Å². The molecule has 0 bridgehead atoms. The van der Waals surface area contributed by atoms with Gasteiger partial charge in [0.05, 0.1) is 5.69 Å². The molecule has 0 saturated heterocycles. The molecule has 0 spiro atoms. The second kappa shape index (κ2) is 5.24. The van der Waals surface area contributed by atoms with Gasteiger partial charge in [-0.05, 0) is 18.1 Å². The summed E-state index contributed by atoms with van der Waals surface area (Å²) in [5.74, 6) is -0.0247. The normalized spacial score (nSPS) is 11.2. The lowest BCUT2D eigenvalue weighted by molar-refractivity contribution is 0.614. The number of hydrogen-bond donors (Lipinski definition) is 1. The molecule has 96 valence electrons. The molecule has 0 aliphatic rings. The number of aromatic nitrogens is 1. The molecule has 0 fully saturated rings. The first-order chi connectivity index (χ1) is 8.49. The molecule has 1 aromatic carbocycles. The van der Waals surface area contributed by atoms with Gasteiger partial charge in [-0.1, -0.05) is 31.5 Å². The van der Waals surface area contributed by atoms with Gasteiger partial charge in [-0.2, -0.15) is 0 Å². The van der Waals surface area contributed by atoms with Crippen LogP contribution in [0, 0.1) is 5.82 Å². The average Bonchev–Trinajstić information content (AvgIpc) is 2.65. The van der Waals surface area contributed by atoms with Gasteiger partial charge in [0.1, 0.15) is 5.82 Å². The van der Waals surface area contributed by atoms with Crippen molar-refractivity contribution in [2.45, 2.75) is 26.2 Å². The van der Waals surface area contributed by atoms with Crippen molar-refractivity contribution >= 4 is 28.1 Å². The van der Waals surface area contributed by atoms with Crippen LogP contribution in [0.5, 0.6) is 0 Å². The van der Waals surface area contributed by atoms with Crippen LogP contribution in [0.2, 0.25) is 5.02 Å². The van der Waals surface area contributed by atoms with Gasteiger partial charge in [0.15, 0.2) is 5.13 Å². The summed E-state index contributed by atoms with van der Waals surface area (Å²) in [5, 5.41) is 0.956. The first-order valence-corrected chi connectivity index (χ1v) is 6.86. The van der Waals surface area contributed by atoms with Crippen LogP contribution in [-0.4, -0.2) is 4.98 Å². The van der Waals surface area contributed by atoms with Crippen molar-refractivity contribution in [2.75, 3.05) is 5.73 Å². The summed E-state index contributed by atoms with van der Waals surface area (Å²) in [6.07, 6.45) is 0.438. The molecule has 1 aromatic heterocycles. The minimum Gasteiger partial charge on any atom is -0.375 e. The van der Waals surface area contributed by atoms with Gasteiger partial charge in [-0.3, -0.25) is 0 Å². The lowest BCUT2D eigenvalue weighted by atomic mass is 10.0. The molecule has 0 unspecified atom stereocenters. The van der Waals surface area contributed by atoms with E-state index in [-0.39, 0.29) is 11.7 Å². The van der Waals surface area contributed by atoms with E-state index in [9.17, 15) is 4.39 Å². The minimum absolute atomic E-state index is 0.263. The van der Waals surface area contributed by atoms with Crippen LogP contribution in [0.1, 0.15) is 35.9 Å². The van der Waals surface area contributed by atoms with E-state index in [2.05, 4.69) is 4.98 Å². The molecule has 0 atom stereocenters. The summed E-state index contributed by atoms with van der Waals surface area (Å²) in [7, 11) is 0. The summed E-state index contributed by atoms with van der Waals surface area (Å²) < 4.78 is 13.7. The van der Waals surface area contributed by atoms with E-state index in [1.165, 1.54) is 17.4 Å². The van der Waals surface area contributed by atoms with E-state index < -0.39 is 0 Å². The summed E-state index contributed by atoms with van der Waals surface area (Å²) >= 11 is 7.43. The highest BCUT2D eigenvalue weighted by Crippen LogP contribution is 2.31. The Balaban J connectivity index is 2.40. The van der Waals surface area contributed by atoms with Crippen molar-refractivity contribution in [2.24, 2.45) is 0 Å². The van der Waals surface area contributed by atoms with Gasteiger partial charge in [0, 0.05) is 21.9 Å². The van der Waals surface area contributed by atoms with E-state index in [0.717, 1.165) is 10.6 Å². The smallest absolute Gasteiger partial charge is 0.180 e. The molecular weight excluding hydrogens is 271 g/mol. The van der Waals surface area contributed by atoms with Gasteiger partial charge < -0.3 is 5.73 Å². The predicted molar refractivity (Wildman–Crippen MR) is 74.8 cm³/mol. The highest BCUT2D eigenvalue weighted by Gasteiger charge is 2.16. The summed E-state index contributed by atoms with van der Waals surface area (Å²) in [4.78, 5) is 5.28. The quantitative estimate of drug-likeness (QED) is 0.916. The van der Waals surface area contributed by atoms with Crippen molar-refractivity contribution in [1.82, 2.24) is 4.98 Å². The number of nitrogens with two attached hydrogens (primary N) is 1. The molecule has 2 aromatic rings. The molecule has 1 heterocycles. The molecule has 18 heavy (non-hydrogen) atoms. The number of halogens is 2. The number of rotatable bonds is 3. The Morgan fingerprint density at radius 1 is 1.44 bits per heavy atom. The fraction of sp³-hybridized carbons (Fsp3) is 0.308. The number of nitrogens with zero attached hydrogens (tertiary/aromatic N) is 1. The standard InChI is InChI=1S/C13H14ClFN2S/c1-7(2)12-11(18-13(16)17-12)6-8-9(14)4-3-5-10(8)15/h3-5,7H,6H2,1-2H3,(H2,16,17). The molecule has 0 saturated carbocycles. The third kappa shape index (κ3) is 2.65. The first kappa shape index (κ1) is 13.3. The van der Waals surface area contributed by atoms with Gasteiger partial charge in [0.2, 0.25) is 0 Å². The number of thiazole rings is 1. The van der Waals surface area contributed by atoms with E-state index in [4.69, 9.17) is 17.3 Å². The second-order valence-electron chi connectivity index (χ2n) is 4.39. The SMILES string of the molecule is CC(C)c1nc(N)sc1Cc1c(F)cccc1Cl. The van der Waals surface area contributed by atoms with Crippen molar-refractivity contribution < 1.29 is 4.39 Å². The number of benzene rings is 1. The topological polar surface area (TPSA) is 38.9 Å². The maximum atomic E-state index is 13.7. The Morgan fingerprint density at radius 2 is 2.17 bits per heavy atom. The Bertz CT molecular complexity index is 546. The Kier molecular flexibility index (Phi) is 3.88. The van der Waals surface area contributed by atoms with Gasteiger partial charge in [0.25, 0.3) is 0 Å². The lowest BCUT2D eigenvalue weighted by Crippen LogP contribution is -1.98. The first-order valence-electron chi connectivity index (χ1n) is 5.67. The highest BCUT2D eigenvalue weighted by molar-refractivity contribution is 7.15. The molecule has 0 aliphatic carbocycles. The van der Waals surface area contributed by atoms with Crippen LogP contribution < -0.4 is 5.73 Å². The number of nitrogen functional groups attached to an aromatic ring is 1. The minimum atomic E-state index is -0.288. The van der Waals surface area contributed by atoms with Gasteiger partial charge in [-0.25, -0.2) is 9.37 Å². The van der Waals surface area contributed by atoms with E-state index in [1.807, 2.05) is 13.8 Å². The fourth-order valence-corrected chi connectivity index (χ4v) is 3.05. The maximum Gasteiger partial charge on any atom is 0.180 e. The zero-order valence-electron chi connectivity index (χ0n) is 10.2. The molecule has 2 rings (SSSR count). The second-order valence-corrected chi connectivity index (χ2v) is 5.91. The summed E-state index contributed by atoms with van der Waals surface area (Å²) in [5.41, 5.74) is 7.16. The molecule has 5 heteroatoms. The van der Waals surface area contributed by atoms with Crippen LogP contribution >= 0.6 is 22.9 Å². The van der Waals surface area contributed by atoms with Gasteiger partial charge >= 0.3 is 0 Å². The lowest BCUT2D eigenvalue weighted by Gasteiger charge is -2.07. The van der Waals surface area contributed by atoms with Crippen LogP contribution in [0.25, 0.3) is 0 Å². The Labute approximate surface area is 115 Å². The van der Waals surface area contributed by atoms with Crippen molar-refractivity contribution in [3.05, 3.63) is 45.2 Å². The molecule has 2 N–H and O–H groups in total. The van der Waals surface area contributed by atoms with E-state index >= 15 is 0 Å². The third-order valence-corrected chi connectivity index (χ3v) is 3.94. The highest BCUT2D eigenvalue weighted by atomic mass is 35.5. The van der Waals surface area contributed by atoms with Gasteiger partial charge in [-0.15, -0.1) is 11.3 Å². The zero-order valence-corrected chi connectivity index (χ0v) is 11.8. The fourth-order valence-electron chi connectivity index (χ4n) is 1.82. The van der Waals surface area contributed by atoms with Crippen molar-refractivity contribution in [3.8, 4) is 0 Å². The number of hydrogen-bond acceptors (Lipinski definition) is 3. The monoisotopic (exact) mass is 284 g/mol. The van der Waals surface area contributed by atoms with Crippen molar-refractivity contribution in [1.29, 1.82) is 0 Å². The summed E-state index contributed by atoms with van der Waals surface area (Å²) in [6.45, 7) is 4.09. The molecular formula is C13H14ClFN2S. The van der Waals surface area contributed by atoms with Crippen LogP contribution in [0.15, 0.2) is 18.2 Å². The molecule has 0 aliphatic heterocycles. The Hall–Kier alpha value is -1.13. The van der Waals surface area contributed by atoms with E-state index in [0.29, 0.717) is 22.1 Å². The maximum absolute atomic E-state index is 13.7. The van der Waals surface area contributed by atoms with E-state index in [1.54, 1.807) is 12.1 Å². The summed E-state index contributed by atoms with van der Waals surface area (Å²) in [6, 6.07) is 4.71. The molecule has 0 amide bonds. The molecule has 2 nitrogen and oxygen atoms in total. The Morgan fingerprint density at radius 3 is 2.78 bits per heavy atom. The van der Waals surface area contributed by atoms with Crippen LogP contribution in [0.4, 0.5) is 9.52 Å². The largest absolute Gasteiger partial charge is 0.375 e.